The Morgan fingerprint density at radius 1 is 1.28 bits per heavy atom. The normalized spacial score (nSPS) is 18.0. The van der Waals surface area contributed by atoms with Crippen molar-refractivity contribution in [3.05, 3.63) is 41.9 Å². The monoisotopic (exact) mass is 338 g/mol. The van der Waals surface area contributed by atoms with Gasteiger partial charge in [-0.15, -0.1) is 0 Å². The number of aromatic nitrogens is 2. The number of rotatable bonds is 3. The van der Waals surface area contributed by atoms with E-state index in [4.69, 9.17) is 19.5 Å². The topological polar surface area (TPSA) is 97.6 Å². The van der Waals surface area contributed by atoms with E-state index in [1.807, 2.05) is 6.07 Å². The molecule has 1 fully saturated rings. The van der Waals surface area contributed by atoms with Gasteiger partial charge in [-0.25, -0.2) is 9.97 Å². The molecule has 8 heteroatoms. The first-order chi connectivity index (χ1) is 12.2. The van der Waals surface area contributed by atoms with Crippen LogP contribution in [0.5, 0.6) is 17.4 Å². The van der Waals surface area contributed by atoms with E-state index in [0.29, 0.717) is 36.6 Å². The lowest BCUT2D eigenvalue weighted by molar-refractivity contribution is 0.0770. The lowest BCUT2D eigenvalue weighted by Gasteiger charge is -2.17. The number of ether oxygens (including phenoxy) is 3. The SMILES string of the molecule is N#Cc1nccnc1O[C@H]1CCN(C(=O)c2ccc3c(c2)OCO3)C1. The average molecular weight is 338 g/mol. The Labute approximate surface area is 143 Å². The number of benzene rings is 1. The molecular weight excluding hydrogens is 324 g/mol. The Morgan fingerprint density at radius 3 is 3.00 bits per heavy atom. The Hall–Kier alpha value is -3.34. The van der Waals surface area contributed by atoms with E-state index in [2.05, 4.69) is 9.97 Å². The molecule has 1 aromatic heterocycles. The lowest BCUT2D eigenvalue weighted by Crippen LogP contribution is -2.31. The minimum atomic E-state index is -0.221. The smallest absolute Gasteiger partial charge is 0.254 e. The number of nitrogens with zero attached hydrogens (tertiary/aromatic N) is 4. The van der Waals surface area contributed by atoms with Gasteiger partial charge in [-0.05, 0) is 18.2 Å². The summed E-state index contributed by atoms with van der Waals surface area (Å²) in [6, 6.07) is 7.10. The minimum Gasteiger partial charge on any atom is -0.470 e. The van der Waals surface area contributed by atoms with Gasteiger partial charge in [-0.1, -0.05) is 0 Å². The van der Waals surface area contributed by atoms with Crippen molar-refractivity contribution in [2.45, 2.75) is 12.5 Å². The molecule has 2 aliphatic rings. The van der Waals surface area contributed by atoms with E-state index in [1.54, 1.807) is 23.1 Å². The summed E-state index contributed by atoms with van der Waals surface area (Å²) in [6.07, 6.45) is 3.36. The Kier molecular flexibility index (Phi) is 3.82. The molecule has 0 N–H and O–H groups in total. The van der Waals surface area contributed by atoms with E-state index in [-0.39, 0.29) is 30.4 Å². The fraction of sp³-hybridized carbons (Fsp3) is 0.294. The second-order valence-electron chi connectivity index (χ2n) is 5.67. The molecule has 0 radical (unpaired) electrons. The number of likely N-dealkylation sites (tertiary alicyclic amines) is 1. The summed E-state index contributed by atoms with van der Waals surface area (Å²) in [5.41, 5.74) is 0.685. The molecule has 0 saturated carbocycles. The quantitative estimate of drug-likeness (QED) is 0.833. The van der Waals surface area contributed by atoms with E-state index >= 15 is 0 Å². The van der Waals surface area contributed by atoms with Crippen LogP contribution in [0.1, 0.15) is 22.5 Å². The fourth-order valence-electron chi connectivity index (χ4n) is 2.87. The van der Waals surface area contributed by atoms with Crippen molar-refractivity contribution in [2.75, 3.05) is 19.9 Å². The summed E-state index contributed by atoms with van der Waals surface area (Å²) in [4.78, 5) is 22.3. The molecule has 25 heavy (non-hydrogen) atoms. The predicted octanol–water partition coefficient (Wildman–Crippen LogP) is 1.37. The molecule has 8 nitrogen and oxygen atoms in total. The molecule has 2 aliphatic heterocycles. The largest absolute Gasteiger partial charge is 0.470 e. The fourth-order valence-corrected chi connectivity index (χ4v) is 2.87. The zero-order valence-corrected chi connectivity index (χ0v) is 13.2. The lowest BCUT2D eigenvalue weighted by atomic mass is 10.2. The summed E-state index contributed by atoms with van der Waals surface area (Å²) in [5, 5.41) is 9.04. The molecule has 4 rings (SSSR count). The summed E-state index contributed by atoms with van der Waals surface area (Å²) in [5.74, 6) is 1.33. The van der Waals surface area contributed by atoms with Crippen LogP contribution in [0, 0.1) is 11.3 Å². The van der Waals surface area contributed by atoms with Gasteiger partial charge in [0.1, 0.15) is 12.2 Å². The third-order valence-corrected chi connectivity index (χ3v) is 4.10. The highest BCUT2D eigenvalue weighted by atomic mass is 16.7. The maximum Gasteiger partial charge on any atom is 0.254 e. The maximum atomic E-state index is 12.7. The highest BCUT2D eigenvalue weighted by Gasteiger charge is 2.30. The summed E-state index contributed by atoms with van der Waals surface area (Å²) < 4.78 is 16.3. The molecule has 1 saturated heterocycles. The van der Waals surface area contributed by atoms with Crippen LogP contribution in [-0.2, 0) is 0 Å². The van der Waals surface area contributed by atoms with Crippen LogP contribution < -0.4 is 14.2 Å². The average Bonchev–Trinajstić information content (AvgIpc) is 3.30. The Morgan fingerprint density at radius 2 is 2.12 bits per heavy atom. The van der Waals surface area contributed by atoms with Crippen molar-refractivity contribution in [3.63, 3.8) is 0 Å². The van der Waals surface area contributed by atoms with Crippen molar-refractivity contribution < 1.29 is 19.0 Å². The molecule has 0 bridgehead atoms. The van der Waals surface area contributed by atoms with Gasteiger partial charge in [0.05, 0.1) is 6.54 Å². The number of hydrogen-bond acceptors (Lipinski definition) is 7. The van der Waals surface area contributed by atoms with Crippen LogP contribution in [0.25, 0.3) is 0 Å². The van der Waals surface area contributed by atoms with Crippen LogP contribution >= 0.6 is 0 Å². The van der Waals surface area contributed by atoms with Crippen LogP contribution in [0.4, 0.5) is 0 Å². The van der Waals surface area contributed by atoms with Crippen LogP contribution in [0.15, 0.2) is 30.6 Å². The number of amides is 1. The Bertz CT molecular complexity index is 864. The number of fused-ring (bicyclic) bond motifs is 1. The summed E-state index contributed by atoms with van der Waals surface area (Å²) >= 11 is 0. The molecule has 1 atom stereocenters. The summed E-state index contributed by atoms with van der Waals surface area (Å²) in [7, 11) is 0. The van der Waals surface area contributed by atoms with Crippen molar-refractivity contribution in [1.82, 2.24) is 14.9 Å². The third kappa shape index (κ3) is 2.92. The third-order valence-electron chi connectivity index (χ3n) is 4.10. The minimum absolute atomic E-state index is 0.0935. The summed E-state index contributed by atoms with van der Waals surface area (Å²) in [6.45, 7) is 1.17. The number of nitriles is 1. The van der Waals surface area contributed by atoms with E-state index in [1.165, 1.54) is 12.4 Å². The molecule has 1 amide bonds. The van der Waals surface area contributed by atoms with Gasteiger partial charge < -0.3 is 19.1 Å². The number of hydrogen-bond donors (Lipinski definition) is 0. The van der Waals surface area contributed by atoms with Crippen LogP contribution in [-0.4, -0.2) is 46.8 Å². The number of carbonyl (C=O) groups excluding carboxylic acids is 1. The first-order valence-electron chi connectivity index (χ1n) is 7.81. The van der Waals surface area contributed by atoms with Gasteiger partial charge >= 0.3 is 0 Å². The van der Waals surface area contributed by atoms with Crippen molar-refractivity contribution in [2.24, 2.45) is 0 Å². The molecule has 1 aromatic carbocycles. The second kappa shape index (κ2) is 6.28. The molecular formula is C17H14N4O4. The van der Waals surface area contributed by atoms with Crippen molar-refractivity contribution in [3.8, 4) is 23.4 Å². The van der Waals surface area contributed by atoms with E-state index in [0.717, 1.165) is 0 Å². The van der Waals surface area contributed by atoms with E-state index in [9.17, 15) is 4.79 Å². The maximum absolute atomic E-state index is 12.7. The highest BCUT2D eigenvalue weighted by molar-refractivity contribution is 5.95. The number of carbonyl (C=O) groups is 1. The van der Waals surface area contributed by atoms with Gasteiger partial charge in [-0.3, -0.25) is 4.79 Å². The van der Waals surface area contributed by atoms with Crippen LogP contribution in [0.3, 0.4) is 0 Å². The van der Waals surface area contributed by atoms with Gasteiger partial charge in [0.15, 0.2) is 11.5 Å². The van der Waals surface area contributed by atoms with Crippen molar-refractivity contribution in [1.29, 1.82) is 5.26 Å². The highest BCUT2D eigenvalue weighted by Crippen LogP contribution is 2.33. The van der Waals surface area contributed by atoms with Gasteiger partial charge in [0.25, 0.3) is 11.8 Å². The first kappa shape index (κ1) is 15.2. The zero-order chi connectivity index (χ0) is 17.2. The first-order valence-corrected chi connectivity index (χ1v) is 7.81. The predicted molar refractivity (Wildman–Crippen MR) is 84.2 cm³/mol. The standard InChI is InChI=1S/C17H14N4O4/c18-8-13-16(20-5-4-19-13)25-12-3-6-21(9-12)17(22)11-1-2-14-15(7-11)24-10-23-14/h1-2,4-5,7,12H,3,6,9-10H2/t12-/m0/s1. The molecule has 126 valence electrons. The molecule has 0 spiro atoms. The van der Waals surface area contributed by atoms with Gasteiger partial charge in [-0.2, -0.15) is 5.26 Å². The molecule has 0 unspecified atom stereocenters. The zero-order valence-electron chi connectivity index (χ0n) is 13.2. The molecule has 0 aliphatic carbocycles. The second-order valence-corrected chi connectivity index (χ2v) is 5.67. The van der Waals surface area contributed by atoms with E-state index < -0.39 is 0 Å². The van der Waals surface area contributed by atoms with Crippen LogP contribution in [0.2, 0.25) is 0 Å². The Balaban J connectivity index is 1.44. The van der Waals surface area contributed by atoms with Gasteiger partial charge in [0, 0.05) is 30.9 Å². The van der Waals surface area contributed by atoms with Crippen molar-refractivity contribution >= 4 is 5.91 Å². The molecule has 2 aromatic rings. The molecule has 3 heterocycles. The van der Waals surface area contributed by atoms with Gasteiger partial charge in [0.2, 0.25) is 12.5 Å².